The number of fused-ring (bicyclic) bond motifs is 2. The van der Waals surface area contributed by atoms with E-state index in [9.17, 15) is 106 Å². The molecule has 0 spiro atoms. The number of primary amides is 1. The summed E-state index contributed by atoms with van der Waals surface area (Å²) in [7, 11) is 0. The van der Waals surface area contributed by atoms with Crippen LogP contribution in [0.2, 0.25) is 0 Å². The zero-order valence-corrected chi connectivity index (χ0v) is 87.4. The Morgan fingerprint density at radius 1 is 0.309 bits per heavy atom. The van der Waals surface area contributed by atoms with E-state index in [0.717, 1.165) is 57.8 Å². The van der Waals surface area contributed by atoms with Crippen LogP contribution in [-0.4, -0.2) is 243 Å². The van der Waals surface area contributed by atoms with Gasteiger partial charge in [-0.05, 0) is 106 Å². The molecule has 149 heavy (non-hydrogen) atoms. The van der Waals surface area contributed by atoms with E-state index in [-0.39, 0.29) is 63.3 Å². The summed E-state index contributed by atoms with van der Waals surface area (Å²) in [6.45, 7) is 8.26. The van der Waals surface area contributed by atoms with Gasteiger partial charge in [-0.2, -0.15) is 0 Å². The number of aromatic amines is 2. The second kappa shape index (κ2) is 71.5. The van der Waals surface area contributed by atoms with Gasteiger partial charge >= 0.3 is 17.9 Å². The highest BCUT2D eigenvalue weighted by atomic mass is 16.4. The third-order valence-corrected chi connectivity index (χ3v) is 25.4. The molecule has 5 rings (SSSR count). The molecule has 0 radical (unpaired) electrons. The first kappa shape index (κ1) is 125. The van der Waals surface area contributed by atoms with Gasteiger partial charge in [-0.1, -0.05) is 249 Å². The van der Waals surface area contributed by atoms with Crippen molar-refractivity contribution in [3.63, 3.8) is 0 Å². The van der Waals surface area contributed by atoms with Gasteiger partial charge in [-0.15, -0.1) is 0 Å². The first-order chi connectivity index (χ1) is 71.3. The van der Waals surface area contributed by atoms with Gasteiger partial charge in [-0.25, -0.2) is 0 Å². The monoisotopic (exact) mass is 2080 g/mol. The topological polar surface area (TPSA) is 685 Å². The van der Waals surface area contributed by atoms with Crippen molar-refractivity contribution in [1.82, 2.24) is 95.0 Å². The number of rotatable bonds is 80. The Labute approximate surface area is 872 Å². The first-order valence-corrected chi connectivity index (χ1v) is 52.9. The molecule has 0 saturated heterocycles. The predicted molar refractivity (Wildman–Crippen MR) is 562 cm³/mol. The van der Waals surface area contributed by atoms with Gasteiger partial charge < -0.3 is 122 Å². The van der Waals surface area contributed by atoms with Gasteiger partial charge in [0.2, 0.25) is 94.5 Å². The van der Waals surface area contributed by atoms with Crippen LogP contribution in [0.5, 0.6) is 0 Å². The minimum absolute atomic E-state index is 0.0427. The van der Waals surface area contributed by atoms with E-state index in [1.165, 1.54) is 123 Å². The molecule has 0 saturated carbocycles. The lowest BCUT2D eigenvalue weighted by molar-refractivity contribution is -0.142. The number of aliphatic carboxylic acids is 3. The molecular weight excluding hydrogens is 1920 g/mol. The van der Waals surface area contributed by atoms with Crippen molar-refractivity contribution in [1.29, 1.82) is 5.41 Å². The number of amides is 16. The second-order valence-corrected chi connectivity index (χ2v) is 38.7. The molecule has 26 N–H and O–H groups in total. The number of nitrogens with two attached hydrogens (primary N) is 2. The number of benzene rings is 3. The van der Waals surface area contributed by atoms with Crippen molar-refractivity contribution in [3.05, 3.63) is 108 Å². The number of hydrogen-bond donors (Lipinski definition) is 24. The van der Waals surface area contributed by atoms with E-state index in [0.29, 0.717) is 70.7 Å². The number of hydrogen-bond acceptors (Lipinski definition) is 20. The number of unbranched alkanes of at least 4 members (excludes halogenated alkanes) is 25. The highest BCUT2D eigenvalue weighted by Gasteiger charge is 2.38. The number of carboxylic acids is 3. The Kier molecular flexibility index (Phi) is 60.2. The number of nitrogens with one attached hydrogen (secondary N) is 19. The van der Waals surface area contributed by atoms with Crippen molar-refractivity contribution in [2.45, 2.75) is 371 Å². The maximum absolute atomic E-state index is 15.0. The molecule has 43 nitrogen and oxygen atoms in total. The van der Waals surface area contributed by atoms with Gasteiger partial charge in [0.15, 0.2) is 5.96 Å². The van der Waals surface area contributed by atoms with Crippen molar-refractivity contribution < 1.29 is 106 Å². The zero-order chi connectivity index (χ0) is 109. The van der Waals surface area contributed by atoms with Crippen LogP contribution in [0.3, 0.4) is 0 Å². The van der Waals surface area contributed by atoms with Crippen molar-refractivity contribution in [3.8, 4) is 0 Å². The average molecular weight is 2080 g/mol. The summed E-state index contributed by atoms with van der Waals surface area (Å²) in [6, 6.07) is 4.17. The Balaban J connectivity index is 1.32. The predicted octanol–water partition coefficient (Wildman–Crippen LogP) is 6.26. The number of carbonyl (C=O) groups is 19. The molecule has 0 bridgehead atoms. The molecule has 0 aliphatic carbocycles. The molecule has 43 heteroatoms. The molecule has 824 valence electrons. The SMILES string of the molecule is CCCCCCCCCCCCCCCC(=O)NCCCCC(NC(=O)CCCCCCCCCCCCCCC)C(=O)NCC(=O)NC(CC(=O)O)C(=O)NC(Cc1c[nH]c2ccccc12)C(=O)NC(CC(=O)O)C(=O)NC(CCC(N)=O)C(=O)NC(Cc1ccccc1)C(=O)NCC(=O)NC(CC(C)C)C(=O)NC(Cc1c[nH]c2ccccc12)C(=O)NC(CCCNC(=N)N)C(=O)NCC(=O)NC(C)C(=O)NC(C)C(=O)O. The fourth-order valence-electron chi connectivity index (χ4n) is 17.0. The van der Waals surface area contributed by atoms with Crippen molar-refractivity contribution >= 4 is 140 Å². The van der Waals surface area contributed by atoms with Crippen LogP contribution in [0.4, 0.5) is 0 Å². The van der Waals surface area contributed by atoms with Crippen LogP contribution < -0.4 is 96.5 Å². The summed E-state index contributed by atoms with van der Waals surface area (Å²) in [6.07, 6.45) is 29.3. The minimum Gasteiger partial charge on any atom is -0.481 e. The highest BCUT2D eigenvalue weighted by molar-refractivity contribution is 6.02. The molecule has 2 aromatic heterocycles. The van der Waals surface area contributed by atoms with Gasteiger partial charge in [0, 0.05) is 85.8 Å². The number of guanidine groups is 1. The maximum Gasteiger partial charge on any atom is 0.325 e. The molecule has 3 aromatic carbocycles. The quantitative estimate of drug-likeness (QED) is 0.0116. The zero-order valence-electron chi connectivity index (χ0n) is 87.4. The summed E-state index contributed by atoms with van der Waals surface area (Å²) in [4.78, 5) is 267. The maximum atomic E-state index is 15.0. The fraction of sp³-hybridized carbons (Fsp3) is 0.604. The Morgan fingerprint density at radius 3 is 1.10 bits per heavy atom. The van der Waals surface area contributed by atoms with Crippen LogP contribution in [0, 0.1) is 11.3 Å². The molecule has 0 aliphatic rings. The standard InChI is InChI=1S/C106H163N21O22/c1-7-9-11-13-15-17-19-21-23-25-27-29-34-51-88(129)110-55-41-40-49-78(119-89(130)52-35-30-28-26-24-22-20-18-16-14-12-10-8-2)96(139)115-66-92(133)121-85(61-93(134)135)103(146)126-84(60-73-64-113-77-48-39-37-46-75(73)77)102(145)127-86(62-94(136)137)104(147)123-80(53-54-87(107)128)99(142)124-82(58-71-43-32-31-33-44-71)98(141)116-67-91(132)120-81(57-68(3)4)100(143)125-83(59-72-63-112-76-47-38-36-45-74(72)76)101(144)122-79(50-42-56-111-106(108)109)97(140)114-65-90(131)117-69(5)95(138)118-70(6)105(148)149/h31-33,36-39,43-48,63-64,68-70,78-86,112-113H,7-30,34-35,40-42,49-62,65-67H2,1-6H3,(H2,107,128)(H,110,129)(H,114,140)(H,115,139)(H,116,141)(H,117,131)(H,118,138)(H,119,130)(H,120,132)(H,121,133)(H,122,144)(H,123,147)(H,124,142)(H,125,143)(H,126,146)(H,127,145)(H,134,135)(H,136,137)(H,148,149)(H4,108,109,111). The average Bonchev–Trinajstić information content (AvgIpc) is 1.70. The van der Waals surface area contributed by atoms with Crippen LogP contribution in [0.1, 0.15) is 302 Å². The van der Waals surface area contributed by atoms with E-state index in [4.69, 9.17) is 16.9 Å². The molecule has 5 aromatic rings. The Morgan fingerprint density at radius 2 is 0.658 bits per heavy atom. The molecule has 11 unspecified atom stereocenters. The summed E-state index contributed by atoms with van der Waals surface area (Å²) in [5, 5.41) is 78.8. The van der Waals surface area contributed by atoms with Gasteiger partial charge in [0.25, 0.3) is 0 Å². The summed E-state index contributed by atoms with van der Waals surface area (Å²) >= 11 is 0. The summed E-state index contributed by atoms with van der Waals surface area (Å²) in [5.41, 5.74) is 13.6. The van der Waals surface area contributed by atoms with Gasteiger partial charge in [0.1, 0.15) is 66.5 Å². The fourth-order valence-corrected chi connectivity index (χ4v) is 17.0. The van der Waals surface area contributed by atoms with E-state index in [2.05, 4.69) is 109 Å². The lowest BCUT2D eigenvalue weighted by Crippen LogP contribution is -2.60. The number of H-pyrrole nitrogens is 2. The van der Waals surface area contributed by atoms with E-state index in [1.807, 2.05) is 0 Å². The Bertz CT molecular complexity index is 5110. The molecule has 16 amide bonds. The van der Waals surface area contributed by atoms with Crippen LogP contribution in [0.25, 0.3) is 21.8 Å². The number of para-hydroxylation sites is 2. The van der Waals surface area contributed by atoms with Gasteiger partial charge in [-0.3, -0.25) is 96.5 Å². The first-order valence-electron chi connectivity index (χ1n) is 52.9. The minimum atomic E-state index is -2.15. The van der Waals surface area contributed by atoms with E-state index < -0.39 is 231 Å². The lowest BCUT2D eigenvalue weighted by Gasteiger charge is -2.27. The molecule has 0 fully saturated rings. The van der Waals surface area contributed by atoms with Crippen LogP contribution in [-0.2, 0) is 110 Å². The lowest BCUT2D eigenvalue weighted by atomic mass is 10.00. The second-order valence-electron chi connectivity index (χ2n) is 38.7. The van der Waals surface area contributed by atoms with E-state index >= 15 is 0 Å². The van der Waals surface area contributed by atoms with Crippen molar-refractivity contribution in [2.75, 3.05) is 32.7 Å². The van der Waals surface area contributed by atoms with Gasteiger partial charge in [0.05, 0.1) is 32.5 Å². The normalized spacial score (nSPS) is 13.4. The summed E-state index contributed by atoms with van der Waals surface area (Å²) < 4.78 is 0. The largest absolute Gasteiger partial charge is 0.481 e. The third kappa shape index (κ3) is 52.4. The van der Waals surface area contributed by atoms with Crippen molar-refractivity contribution in [2.24, 2.45) is 17.4 Å². The molecular formula is C106H163N21O22. The molecule has 0 aliphatic heterocycles. The van der Waals surface area contributed by atoms with Crippen LogP contribution >= 0.6 is 0 Å². The molecule has 11 atom stereocenters. The summed E-state index contributed by atoms with van der Waals surface area (Å²) in [5.74, 6) is -20.3. The van der Waals surface area contributed by atoms with E-state index in [1.54, 1.807) is 98.9 Å². The van der Waals surface area contributed by atoms with Crippen LogP contribution in [0.15, 0.2) is 91.3 Å². The Hall–Kier alpha value is -14.1. The number of carboxylic acid groups (broad SMARTS) is 3. The highest BCUT2D eigenvalue weighted by Crippen LogP contribution is 2.24. The third-order valence-electron chi connectivity index (χ3n) is 25.4. The number of carbonyl (C=O) groups excluding carboxylic acids is 16. The number of aromatic nitrogens is 2. The smallest absolute Gasteiger partial charge is 0.325 e. The molecule has 2 heterocycles.